The molecule has 0 atom stereocenters. The predicted octanol–water partition coefficient (Wildman–Crippen LogP) is 4.73. The fraction of sp³-hybridized carbons (Fsp3) is 0.111. The summed E-state index contributed by atoms with van der Waals surface area (Å²) in [5, 5.41) is 0. The van der Waals surface area contributed by atoms with Crippen LogP contribution in [0, 0.1) is 6.92 Å². The van der Waals surface area contributed by atoms with Gasteiger partial charge in [0.05, 0.1) is 7.11 Å². The molecule has 0 N–H and O–H groups in total. The summed E-state index contributed by atoms with van der Waals surface area (Å²) in [4.78, 5) is 0. The molecule has 2 aromatic carbocycles. The van der Waals surface area contributed by atoms with Gasteiger partial charge in [-0.1, -0.05) is 66.3 Å². The van der Waals surface area contributed by atoms with Crippen LogP contribution in [0.4, 0.5) is 0 Å². The molecule has 0 bridgehead atoms. The molecular formula is C18H18O. The molecule has 0 aliphatic heterocycles. The Morgan fingerprint density at radius 1 is 0.737 bits per heavy atom. The Labute approximate surface area is 114 Å². The quantitative estimate of drug-likeness (QED) is 0.713. The molecule has 0 aliphatic rings. The number of hydrogen-bond acceptors (Lipinski definition) is 1. The molecule has 0 heterocycles. The minimum atomic E-state index is 0.882. The molecule has 1 nitrogen and oxygen atoms in total. The van der Waals surface area contributed by atoms with Crippen LogP contribution in [-0.4, -0.2) is 7.11 Å². The molecule has 0 amide bonds. The Kier molecular flexibility index (Phi) is 4.57. The molecule has 0 saturated heterocycles. The van der Waals surface area contributed by atoms with Gasteiger partial charge in [-0.15, -0.1) is 0 Å². The standard InChI is InChI=1S/C18H18O/c1-15-7-9-16(10-8-15)5-3-4-6-17-11-13-18(19-2)14-12-17/h3-14H,1-2H3/b5-3+,6-4+. The molecule has 0 spiro atoms. The molecule has 0 saturated carbocycles. The van der Waals surface area contributed by atoms with Crippen molar-refractivity contribution >= 4 is 12.2 Å². The average Bonchev–Trinajstić information content (AvgIpc) is 2.46. The molecule has 0 unspecified atom stereocenters. The maximum Gasteiger partial charge on any atom is 0.118 e. The van der Waals surface area contributed by atoms with E-state index in [1.54, 1.807) is 7.11 Å². The molecule has 0 aliphatic carbocycles. The van der Waals surface area contributed by atoms with Gasteiger partial charge in [0.25, 0.3) is 0 Å². The van der Waals surface area contributed by atoms with E-state index in [0.717, 1.165) is 11.3 Å². The highest BCUT2D eigenvalue weighted by Gasteiger charge is 1.89. The maximum absolute atomic E-state index is 5.12. The maximum atomic E-state index is 5.12. The highest BCUT2D eigenvalue weighted by atomic mass is 16.5. The van der Waals surface area contributed by atoms with E-state index in [-0.39, 0.29) is 0 Å². The number of rotatable bonds is 4. The van der Waals surface area contributed by atoms with Gasteiger partial charge in [0.2, 0.25) is 0 Å². The van der Waals surface area contributed by atoms with Gasteiger partial charge in [0.15, 0.2) is 0 Å². The number of ether oxygens (including phenoxy) is 1. The van der Waals surface area contributed by atoms with Crippen molar-refractivity contribution in [2.45, 2.75) is 6.92 Å². The zero-order valence-corrected chi connectivity index (χ0v) is 11.3. The minimum Gasteiger partial charge on any atom is -0.497 e. The van der Waals surface area contributed by atoms with Crippen molar-refractivity contribution in [3.05, 3.63) is 77.4 Å². The van der Waals surface area contributed by atoms with Crippen molar-refractivity contribution in [2.75, 3.05) is 7.11 Å². The van der Waals surface area contributed by atoms with E-state index < -0.39 is 0 Å². The summed E-state index contributed by atoms with van der Waals surface area (Å²) in [6.07, 6.45) is 8.26. The predicted molar refractivity (Wildman–Crippen MR) is 82.2 cm³/mol. The largest absolute Gasteiger partial charge is 0.497 e. The lowest BCUT2D eigenvalue weighted by Crippen LogP contribution is -1.81. The summed E-state index contributed by atoms with van der Waals surface area (Å²) in [6, 6.07) is 16.5. The van der Waals surface area contributed by atoms with Crippen molar-refractivity contribution in [1.29, 1.82) is 0 Å². The second-order valence-electron chi connectivity index (χ2n) is 4.40. The van der Waals surface area contributed by atoms with E-state index in [1.165, 1.54) is 11.1 Å². The van der Waals surface area contributed by atoms with Crippen LogP contribution in [0.15, 0.2) is 60.7 Å². The first-order valence-corrected chi connectivity index (χ1v) is 6.33. The van der Waals surface area contributed by atoms with Crippen LogP contribution in [-0.2, 0) is 0 Å². The van der Waals surface area contributed by atoms with E-state index in [0.29, 0.717) is 0 Å². The minimum absolute atomic E-state index is 0.882. The highest BCUT2D eigenvalue weighted by Crippen LogP contribution is 2.12. The summed E-state index contributed by atoms with van der Waals surface area (Å²) < 4.78 is 5.12. The van der Waals surface area contributed by atoms with Crippen molar-refractivity contribution < 1.29 is 4.74 Å². The molecule has 0 radical (unpaired) electrons. The topological polar surface area (TPSA) is 9.23 Å². The smallest absolute Gasteiger partial charge is 0.118 e. The Hall–Kier alpha value is -2.28. The monoisotopic (exact) mass is 250 g/mol. The molecule has 2 rings (SSSR count). The second kappa shape index (κ2) is 6.60. The Balaban J connectivity index is 1.96. The van der Waals surface area contributed by atoms with E-state index in [9.17, 15) is 0 Å². The Morgan fingerprint density at radius 3 is 1.68 bits per heavy atom. The van der Waals surface area contributed by atoms with Gasteiger partial charge in [-0.25, -0.2) is 0 Å². The lowest BCUT2D eigenvalue weighted by Gasteiger charge is -1.98. The highest BCUT2D eigenvalue weighted by molar-refractivity contribution is 5.57. The number of benzene rings is 2. The first kappa shape index (κ1) is 13.2. The number of allylic oxidation sites excluding steroid dienone is 2. The van der Waals surface area contributed by atoms with Gasteiger partial charge < -0.3 is 4.74 Å². The summed E-state index contributed by atoms with van der Waals surface area (Å²) in [6.45, 7) is 2.09. The van der Waals surface area contributed by atoms with Gasteiger partial charge in [0.1, 0.15) is 5.75 Å². The van der Waals surface area contributed by atoms with E-state index in [1.807, 2.05) is 30.3 Å². The zero-order valence-electron chi connectivity index (χ0n) is 11.3. The fourth-order valence-corrected chi connectivity index (χ4v) is 1.73. The van der Waals surface area contributed by atoms with Crippen LogP contribution < -0.4 is 4.74 Å². The summed E-state index contributed by atoms with van der Waals surface area (Å²) in [5.41, 5.74) is 3.66. The van der Waals surface area contributed by atoms with Gasteiger partial charge in [-0.3, -0.25) is 0 Å². The Bertz CT molecular complexity index is 560. The van der Waals surface area contributed by atoms with Crippen molar-refractivity contribution in [3.8, 4) is 5.75 Å². The average molecular weight is 250 g/mol. The normalized spacial score (nSPS) is 11.3. The first-order chi connectivity index (χ1) is 9.28. The van der Waals surface area contributed by atoms with E-state index in [2.05, 4.69) is 49.4 Å². The third-order valence-corrected chi connectivity index (χ3v) is 2.88. The van der Waals surface area contributed by atoms with E-state index in [4.69, 9.17) is 4.74 Å². The van der Waals surface area contributed by atoms with Gasteiger partial charge >= 0.3 is 0 Å². The lowest BCUT2D eigenvalue weighted by atomic mass is 10.1. The second-order valence-corrected chi connectivity index (χ2v) is 4.40. The first-order valence-electron chi connectivity index (χ1n) is 6.33. The number of hydrogen-bond donors (Lipinski definition) is 0. The molecule has 0 fully saturated rings. The van der Waals surface area contributed by atoms with E-state index >= 15 is 0 Å². The third kappa shape index (κ3) is 4.14. The fourth-order valence-electron chi connectivity index (χ4n) is 1.73. The van der Waals surface area contributed by atoms with Crippen LogP contribution in [0.3, 0.4) is 0 Å². The molecule has 0 aromatic heterocycles. The van der Waals surface area contributed by atoms with Crippen LogP contribution in [0.1, 0.15) is 16.7 Å². The molecular weight excluding hydrogens is 232 g/mol. The van der Waals surface area contributed by atoms with Crippen LogP contribution in [0.5, 0.6) is 5.75 Å². The molecule has 1 heteroatoms. The van der Waals surface area contributed by atoms with Gasteiger partial charge in [-0.2, -0.15) is 0 Å². The van der Waals surface area contributed by atoms with Crippen molar-refractivity contribution in [1.82, 2.24) is 0 Å². The van der Waals surface area contributed by atoms with Crippen LogP contribution in [0.2, 0.25) is 0 Å². The molecule has 2 aromatic rings. The Morgan fingerprint density at radius 2 is 1.21 bits per heavy atom. The third-order valence-electron chi connectivity index (χ3n) is 2.88. The van der Waals surface area contributed by atoms with Gasteiger partial charge in [-0.05, 0) is 30.2 Å². The summed E-state index contributed by atoms with van der Waals surface area (Å²) in [7, 11) is 1.68. The summed E-state index contributed by atoms with van der Waals surface area (Å²) >= 11 is 0. The SMILES string of the molecule is COc1ccc(/C=C/C=C/c2ccc(C)cc2)cc1. The van der Waals surface area contributed by atoms with Gasteiger partial charge in [0, 0.05) is 0 Å². The lowest BCUT2D eigenvalue weighted by molar-refractivity contribution is 0.415. The molecule has 19 heavy (non-hydrogen) atoms. The number of aryl methyl sites for hydroxylation is 1. The van der Waals surface area contributed by atoms with Crippen LogP contribution in [0.25, 0.3) is 12.2 Å². The zero-order chi connectivity index (χ0) is 13.5. The molecule has 96 valence electrons. The van der Waals surface area contributed by atoms with Crippen molar-refractivity contribution in [2.24, 2.45) is 0 Å². The van der Waals surface area contributed by atoms with Crippen molar-refractivity contribution in [3.63, 3.8) is 0 Å². The van der Waals surface area contributed by atoms with Crippen LogP contribution >= 0.6 is 0 Å². The summed E-state index contributed by atoms with van der Waals surface area (Å²) in [5.74, 6) is 0.882. The number of methoxy groups -OCH3 is 1.